The Kier molecular flexibility index (Phi) is 5.08. The molecule has 1 atom stereocenters. The van der Waals surface area contributed by atoms with Crippen molar-refractivity contribution in [2.24, 2.45) is 5.73 Å². The van der Waals surface area contributed by atoms with E-state index in [1.807, 2.05) is 11.4 Å². The number of methoxy groups -OCH3 is 1. The minimum atomic E-state index is -0.213. The third-order valence-electron chi connectivity index (χ3n) is 2.03. The molecule has 0 bridgehead atoms. The van der Waals surface area contributed by atoms with Crippen LogP contribution in [0.3, 0.4) is 0 Å². The molecule has 0 fully saturated rings. The number of halogens is 1. The molecule has 1 rings (SSSR count). The summed E-state index contributed by atoms with van der Waals surface area (Å²) in [5.41, 5.74) is 5.87. The van der Waals surface area contributed by atoms with Gasteiger partial charge >= 0.3 is 5.97 Å². The van der Waals surface area contributed by atoms with Crippen LogP contribution in [0.2, 0.25) is 5.02 Å². The van der Waals surface area contributed by atoms with E-state index in [-0.39, 0.29) is 12.0 Å². The van der Waals surface area contributed by atoms with E-state index < -0.39 is 0 Å². The molecule has 84 valence electrons. The fourth-order valence-corrected chi connectivity index (χ4v) is 2.39. The number of carbonyl (C=O) groups is 1. The number of ether oxygens (including phenoxy) is 1. The van der Waals surface area contributed by atoms with Crippen LogP contribution in [0.4, 0.5) is 0 Å². The van der Waals surface area contributed by atoms with Gasteiger partial charge in [0, 0.05) is 22.7 Å². The first-order valence-electron chi connectivity index (χ1n) is 4.67. The molecule has 0 aliphatic rings. The number of esters is 1. The van der Waals surface area contributed by atoms with Crippen molar-refractivity contribution in [3.8, 4) is 0 Å². The summed E-state index contributed by atoms with van der Waals surface area (Å²) in [5, 5.41) is 2.62. The van der Waals surface area contributed by atoms with Crippen LogP contribution in [0, 0.1) is 0 Å². The van der Waals surface area contributed by atoms with E-state index in [2.05, 4.69) is 4.74 Å². The summed E-state index contributed by atoms with van der Waals surface area (Å²) < 4.78 is 4.54. The van der Waals surface area contributed by atoms with Gasteiger partial charge < -0.3 is 10.5 Å². The second-order valence-corrected chi connectivity index (χ2v) is 4.74. The molecule has 1 unspecified atom stereocenters. The number of hydrogen-bond donors (Lipinski definition) is 1. The Morgan fingerprint density at radius 2 is 2.47 bits per heavy atom. The molecule has 2 N–H and O–H groups in total. The molecule has 5 heteroatoms. The molecule has 0 aliphatic heterocycles. The van der Waals surface area contributed by atoms with Gasteiger partial charge in [-0.2, -0.15) is 0 Å². The SMILES string of the molecule is COC(=O)CCC(N)Cc1cc(Cl)cs1. The van der Waals surface area contributed by atoms with Crippen LogP contribution in [0.5, 0.6) is 0 Å². The summed E-state index contributed by atoms with van der Waals surface area (Å²) in [5.74, 6) is -0.213. The minimum Gasteiger partial charge on any atom is -0.469 e. The quantitative estimate of drug-likeness (QED) is 0.812. The lowest BCUT2D eigenvalue weighted by Gasteiger charge is -2.08. The van der Waals surface area contributed by atoms with Crippen molar-refractivity contribution in [3.63, 3.8) is 0 Å². The van der Waals surface area contributed by atoms with E-state index in [1.54, 1.807) is 11.3 Å². The molecule has 1 aromatic heterocycles. The highest BCUT2D eigenvalue weighted by atomic mass is 35.5. The van der Waals surface area contributed by atoms with Gasteiger partial charge in [0.15, 0.2) is 0 Å². The fourth-order valence-electron chi connectivity index (χ4n) is 1.23. The van der Waals surface area contributed by atoms with E-state index in [1.165, 1.54) is 7.11 Å². The number of hydrogen-bond acceptors (Lipinski definition) is 4. The van der Waals surface area contributed by atoms with Crippen molar-refractivity contribution in [2.45, 2.75) is 25.3 Å². The average Bonchev–Trinajstić information content (AvgIpc) is 2.60. The maximum Gasteiger partial charge on any atom is 0.305 e. The van der Waals surface area contributed by atoms with Gasteiger partial charge in [0.05, 0.1) is 12.1 Å². The fraction of sp³-hybridized carbons (Fsp3) is 0.500. The predicted molar refractivity (Wildman–Crippen MR) is 62.3 cm³/mol. The Morgan fingerprint density at radius 1 is 1.73 bits per heavy atom. The van der Waals surface area contributed by atoms with E-state index in [4.69, 9.17) is 17.3 Å². The lowest BCUT2D eigenvalue weighted by molar-refractivity contribution is -0.140. The zero-order valence-corrected chi connectivity index (χ0v) is 10.1. The normalized spacial score (nSPS) is 12.5. The van der Waals surface area contributed by atoms with Crippen molar-refractivity contribution in [1.29, 1.82) is 0 Å². The Balaban J connectivity index is 2.30. The van der Waals surface area contributed by atoms with Gasteiger partial charge in [0.25, 0.3) is 0 Å². The molecular formula is C10H14ClNO2S. The van der Waals surface area contributed by atoms with Gasteiger partial charge in [-0.25, -0.2) is 0 Å². The van der Waals surface area contributed by atoms with Crippen LogP contribution in [-0.2, 0) is 16.0 Å². The number of carbonyl (C=O) groups excluding carboxylic acids is 1. The molecule has 0 spiro atoms. The maximum absolute atomic E-state index is 10.9. The summed E-state index contributed by atoms with van der Waals surface area (Å²) in [6, 6.07) is 1.89. The predicted octanol–water partition coefficient (Wildman–Crippen LogP) is 2.22. The van der Waals surface area contributed by atoms with E-state index in [9.17, 15) is 4.79 Å². The van der Waals surface area contributed by atoms with Gasteiger partial charge in [0.1, 0.15) is 0 Å². The first-order chi connectivity index (χ1) is 7.11. The van der Waals surface area contributed by atoms with Crippen molar-refractivity contribution in [3.05, 3.63) is 21.3 Å². The summed E-state index contributed by atoms with van der Waals surface area (Å²) in [7, 11) is 1.38. The van der Waals surface area contributed by atoms with Gasteiger partial charge in [-0.1, -0.05) is 11.6 Å². The molecule has 0 amide bonds. The summed E-state index contributed by atoms with van der Waals surface area (Å²) in [4.78, 5) is 12.0. The van der Waals surface area contributed by atoms with Crippen molar-refractivity contribution >= 4 is 28.9 Å². The van der Waals surface area contributed by atoms with Gasteiger partial charge in [0.2, 0.25) is 0 Å². The third-order valence-corrected chi connectivity index (χ3v) is 3.34. The summed E-state index contributed by atoms with van der Waals surface area (Å²) >= 11 is 7.38. The standard InChI is InChI=1S/C10H14ClNO2S/c1-14-10(13)3-2-8(12)5-9-4-7(11)6-15-9/h4,6,8H,2-3,5,12H2,1H3. The Labute approximate surface area is 98.2 Å². The lowest BCUT2D eigenvalue weighted by Crippen LogP contribution is -2.23. The van der Waals surface area contributed by atoms with Crippen LogP contribution < -0.4 is 5.73 Å². The topological polar surface area (TPSA) is 52.3 Å². The smallest absolute Gasteiger partial charge is 0.305 e. The van der Waals surface area contributed by atoms with Crippen LogP contribution in [0.25, 0.3) is 0 Å². The summed E-state index contributed by atoms with van der Waals surface area (Å²) in [6.07, 6.45) is 1.77. The largest absolute Gasteiger partial charge is 0.469 e. The molecule has 0 aromatic carbocycles. The third kappa shape index (κ3) is 4.64. The van der Waals surface area contributed by atoms with Crippen LogP contribution in [0.15, 0.2) is 11.4 Å². The second-order valence-electron chi connectivity index (χ2n) is 3.31. The van der Waals surface area contributed by atoms with E-state index in [0.717, 1.165) is 16.3 Å². The molecule has 0 radical (unpaired) electrons. The molecule has 15 heavy (non-hydrogen) atoms. The van der Waals surface area contributed by atoms with Gasteiger partial charge in [-0.3, -0.25) is 4.79 Å². The van der Waals surface area contributed by atoms with Gasteiger partial charge in [-0.05, 0) is 18.9 Å². The molecule has 1 aromatic rings. The second kappa shape index (κ2) is 6.10. The molecule has 1 heterocycles. The monoisotopic (exact) mass is 247 g/mol. The summed E-state index contributed by atoms with van der Waals surface area (Å²) in [6.45, 7) is 0. The Bertz CT molecular complexity index is 327. The zero-order valence-electron chi connectivity index (χ0n) is 8.53. The molecule has 3 nitrogen and oxygen atoms in total. The van der Waals surface area contributed by atoms with Crippen LogP contribution >= 0.6 is 22.9 Å². The highest BCUT2D eigenvalue weighted by molar-refractivity contribution is 7.10. The highest BCUT2D eigenvalue weighted by Gasteiger charge is 2.09. The minimum absolute atomic E-state index is 0.0150. The van der Waals surface area contributed by atoms with E-state index >= 15 is 0 Å². The highest BCUT2D eigenvalue weighted by Crippen LogP contribution is 2.20. The van der Waals surface area contributed by atoms with Gasteiger partial charge in [-0.15, -0.1) is 11.3 Å². The lowest BCUT2D eigenvalue weighted by atomic mass is 10.1. The van der Waals surface area contributed by atoms with Crippen molar-refractivity contribution in [2.75, 3.05) is 7.11 Å². The van der Waals surface area contributed by atoms with Crippen LogP contribution in [0.1, 0.15) is 17.7 Å². The molecule has 0 saturated carbocycles. The van der Waals surface area contributed by atoms with Crippen molar-refractivity contribution < 1.29 is 9.53 Å². The molecular weight excluding hydrogens is 234 g/mol. The van der Waals surface area contributed by atoms with Crippen molar-refractivity contribution in [1.82, 2.24) is 0 Å². The van der Waals surface area contributed by atoms with Crippen LogP contribution in [-0.4, -0.2) is 19.1 Å². The zero-order chi connectivity index (χ0) is 11.3. The Morgan fingerprint density at radius 3 is 3.00 bits per heavy atom. The number of rotatable bonds is 5. The average molecular weight is 248 g/mol. The maximum atomic E-state index is 10.9. The first-order valence-corrected chi connectivity index (χ1v) is 5.93. The number of thiophene rings is 1. The van der Waals surface area contributed by atoms with E-state index in [0.29, 0.717) is 12.8 Å². The molecule has 0 aliphatic carbocycles. The Hall–Kier alpha value is -0.580. The first kappa shape index (κ1) is 12.5. The number of nitrogens with two attached hydrogens (primary N) is 1. The molecule has 0 saturated heterocycles.